The Morgan fingerprint density at radius 3 is 2.70 bits per heavy atom. The lowest BCUT2D eigenvalue weighted by Crippen LogP contribution is -2.08. The second-order valence-corrected chi connectivity index (χ2v) is 5.85. The molecule has 0 amide bonds. The first-order valence-electron chi connectivity index (χ1n) is 6.09. The number of halogens is 3. The fraction of sp³-hybridized carbons (Fsp3) is 0.200. The summed E-state index contributed by atoms with van der Waals surface area (Å²) in [5, 5.41) is 0.366. The summed E-state index contributed by atoms with van der Waals surface area (Å²) in [6, 6.07) is 9.97. The predicted octanol–water partition coefficient (Wildman–Crippen LogP) is 4.84. The van der Waals surface area contributed by atoms with Crippen molar-refractivity contribution < 1.29 is 9.13 Å². The molecule has 2 aromatic rings. The fourth-order valence-corrected chi connectivity index (χ4v) is 2.30. The lowest BCUT2D eigenvalue weighted by Gasteiger charge is -2.15. The maximum Gasteiger partial charge on any atom is 0.131 e. The van der Waals surface area contributed by atoms with E-state index in [1.807, 2.05) is 25.1 Å². The summed E-state index contributed by atoms with van der Waals surface area (Å²) in [6.07, 6.45) is 0. The first-order valence-corrected chi connectivity index (χ1v) is 7.26. The van der Waals surface area contributed by atoms with Crippen molar-refractivity contribution in [1.29, 1.82) is 0 Å². The Labute approximate surface area is 130 Å². The molecule has 0 aliphatic heterocycles. The van der Waals surface area contributed by atoms with Gasteiger partial charge in [-0.2, -0.15) is 0 Å². The van der Waals surface area contributed by atoms with E-state index in [4.69, 9.17) is 22.1 Å². The molecule has 0 unspecified atom stereocenters. The fourth-order valence-electron chi connectivity index (χ4n) is 1.80. The van der Waals surface area contributed by atoms with Crippen molar-refractivity contribution in [1.82, 2.24) is 0 Å². The number of benzene rings is 2. The molecule has 106 valence electrons. The number of nitrogens with two attached hydrogens (primary N) is 1. The quantitative estimate of drug-likeness (QED) is 0.848. The van der Waals surface area contributed by atoms with Crippen LogP contribution in [0.2, 0.25) is 5.02 Å². The average molecular weight is 359 g/mol. The standard InChI is InChI=1S/C15H14BrClFNO/c1-9(19)13-5-3-11(16)6-15(13)20-8-10-2-4-12(17)7-14(10)18/h2-7,9H,8,19H2,1H3/t9-/m0/s1. The summed E-state index contributed by atoms with van der Waals surface area (Å²) in [6.45, 7) is 2.00. The molecule has 5 heteroatoms. The predicted molar refractivity (Wildman–Crippen MR) is 82.5 cm³/mol. The minimum Gasteiger partial charge on any atom is -0.488 e. The number of hydrogen-bond donors (Lipinski definition) is 1. The first-order chi connectivity index (χ1) is 9.47. The van der Waals surface area contributed by atoms with Crippen LogP contribution in [0.15, 0.2) is 40.9 Å². The molecule has 20 heavy (non-hydrogen) atoms. The van der Waals surface area contributed by atoms with Gasteiger partial charge < -0.3 is 10.5 Å². The number of rotatable bonds is 4. The lowest BCUT2D eigenvalue weighted by atomic mass is 10.1. The van der Waals surface area contributed by atoms with Crippen molar-refractivity contribution in [3.05, 3.63) is 62.8 Å². The minimum atomic E-state index is -0.380. The van der Waals surface area contributed by atoms with Gasteiger partial charge in [0, 0.05) is 26.7 Å². The highest BCUT2D eigenvalue weighted by molar-refractivity contribution is 9.10. The van der Waals surface area contributed by atoms with E-state index in [2.05, 4.69) is 15.9 Å². The lowest BCUT2D eigenvalue weighted by molar-refractivity contribution is 0.295. The molecule has 0 saturated heterocycles. The molecule has 2 rings (SSSR count). The van der Waals surface area contributed by atoms with Gasteiger partial charge >= 0.3 is 0 Å². The van der Waals surface area contributed by atoms with Crippen molar-refractivity contribution in [3.63, 3.8) is 0 Å². The van der Waals surface area contributed by atoms with Crippen LogP contribution < -0.4 is 10.5 Å². The maximum atomic E-state index is 13.7. The minimum absolute atomic E-state index is 0.124. The normalized spacial score (nSPS) is 12.2. The van der Waals surface area contributed by atoms with Gasteiger partial charge in [0.25, 0.3) is 0 Å². The summed E-state index contributed by atoms with van der Waals surface area (Å²) in [5.74, 6) is 0.263. The summed E-state index contributed by atoms with van der Waals surface area (Å²) in [7, 11) is 0. The van der Waals surface area contributed by atoms with Crippen LogP contribution in [0.3, 0.4) is 0 Å². The zero-order valence-corrected chi connectivity index (χ0v) is 13.2. The van der Waals surface area contributed by atoms with Gasteiger partial charge in [-0.1, -0.05) is 39.7 Å². The molecule has 0 heterocycles. The van der Waals surface area contributed by atoms with Crippen LogP contribution in [-0.2, 0) is 6.61 Å². The summed E-state index contributed by atoms with van der Waals surface area (Å²) < 4.78 is 20.3. The molecule has 2 N–H and O–H groups in total. The highest BCUT2D eigenvalue weighted by Gasteiger charge is 2.10. The van der Waals surface area contributed by atoms with Crippen LogP contribution in [0, 0.1) is 5.82 Å². The van der Waals surface area contributed by atoms with E-state index in [1.54, 1.807) is 12.1 Å². The Hall–Kier alpha value is -1.10. The molecule has 0 spiro atoms. The van der Waals surface area contributed by atoms with E-state index in [0.717, 1.165) is 10.0 Å². The van der Waals surface area contributed by atoms with Crippen molar-refractivity contribution in [3.8, 4) is 5.75 Å². The Kier molecular flexibility index (Phi) is 5.02. The van der Waals surface area contributed by atoms with Gasteiger partial charge in [0.1, 0.15) is 18.2 Å². The van der Waals surface area contributed by atoms with Crippen LogP contribution in [0.25, 0.3) is 0 Å². The van der Waals surface area contributed by atoms with Crippen LogP contribution in [-0.4, -0.2) is 0 Å². The SMILES string of the molecule is C[C@H](N)c1ccc(Br)cc1OCc1ccc(Cl)cc1F. The van der Waals surface area contributed by atoms with Gasteiger partial charge in [0.15, 0.2) is 0 Å². The zero-order chi connectivity index (χ0) is 14.7. The summed E-state index contributed by atoms with van der Waals surface area (Å²) in [5.41, 5.74) is 7.22. The molecule has 0 saturated carbocycles. The topological polar surface area (TPSA) is 35.2 Å². The molecule has 0 bridgehead atoms. The summed E-state index contributed by atoms with van der Waals surface area (Å²) in [4.78, 5) is 0. The monoisotopic (exact) mass is 357 g/mol. The molecule has 2 nitrogen and oxygen atoms in total. The molecule has 2 aromatic carbocycles. The highest BCUT2D eigenvalue weighted by atomic mass is 79.9. The molecule has 0 aromatic heterocycles. The molecule has 0 aliphatic rings. The van der Waals surface area contributed by atoms with Gasteiger partial charge in [-0.15, -0.1) is 0 Å². The van der Waals surface area contributed by atoms with Gasteiger partial charge in [-0.3, -0.25) is 0 Å². The van der Waals surface area contributed by atoms with Gasteiger partial charge in [-0.05, 0) is 31.2 Å². The Morgan fingerprint density at radius 1 is 1.30 bits per heavy atom. The van der Waals surface area contributed by atoms with Gasteiger partial charge in [0.2, 0.25) is 0 Å². The Bertz CT molecular complexity index is 619. The Morgan fingerprint density at radius 2 is 2.05 bits per heavy atom. The summed E-state index contributed by atoms with van der Waals surface area (Å²) >= 11 is 9.10. The van der Waals surface area contributed by atoms with Crippen LogP contribution in [0.4, 0.5) is 4.39 Å². The third-order valence-electron chi connectivity index (χ3n) is 2.86. The highest BCUT2D eigenvalue weighted by Crippen LogP contribution is 2.28. The average Bonchev–Trinajstić information content (AvgIpc) is 2.37. The second kappa shape index (κ2) is 6.57. The molecule has 0 radical (unpaired) electrons. The number of ether oxygens (including phenoxy) is 1. The zero-order valence-electron chi connectivity index (χ0n) is 10.9. The third kappa shape index (κ3) is 3.72. The van der Waals surface area contributed by atoms with E-state index in [-0.39, 0.29) is 18.5 Å². The maximum absolute atomic E-state index is 13.7. The largest absolute Gasteiger partial charge is 0.488 e. The molecule has 1 atom stereocenters. The van der Waals surface area contributed by atoms with E-state index in [9.17, 15) is 4.39 Å². The van der Waals surface area contributed by atoms with Gasteiger partial charge in [0.05, 0.1) is 0 Å². The van der Waals surface area contributed by atoms with Crippen molar-refractivity contribution >= 4 is 27.5 Å². The van der Waals surface area contributed by atoms with E-state index >= 15 is 0 Å². The molecular weight excluding hydrogens is 345 g/mol. The number of hydrogen-bond acceptors (Lipinski definition) is 2. The van der Waals surface area contributed by atoms with Gasteiger partial charge in [-0.25, -0.2) is 4.39 Å². The van der Waals surface area contributed by atoms with Crippen molar-refractivity contribution in [2.45, 2.75) is 19.6 Å². The second-order valence-electron chi connectivity index (χ2n) is 4.50. The molecular formula is C15H14BrClFNO. The van der Waals surface area contributed by atoms with Crippen molar-refractivity contribution in [2.75, 3.05) is 0 Å². The molecule has 0 aliphatic carbocycles. The first kappa shape index (κ1) is 15.3. The Balaban J connectivity index is 2.20. The van der Waals surface area contributed by atoms with E-state index < -0.39 is 0 Å². The van der Waals surface area contributed by atoms with Crippen LogP contribution in [0.5, 0.6) is 5.75 Å². The van der Waals surface area contributed by atoms with Crippen LogP contribution >= 0.6 is 27.5 Å². The third-order valence-corrected chi connectivity index (χ3v) is 3.59. The van der Waals surface area contributed by atoms with E-state index in [1.165, 1.54) is 6.07 Å². The smallest absolute Gasteiger partial charge is 0.131 e. The molecule has 0 fully saturated rings. The van der Waals surface area contributed by atoms with Crippen molar-refractivity contribution in [2.24, 2.45) is 5.73 Å². The van der Waals surface area contributed by atoms with Crippen LogP contribution in [0.1, 0.15) is 24.1 Å². The van der Waals surface area contributed by atoms with E-state index in [0.29, 0.717) is 16.3 Å².